The lowest BCUT2D eigenvalue weighted by Crippen LogP contribution is -2.32. The Balaban J connectivity index is 1.20. The van der Waals surface area contributed by atoms with Crippen LogP contribution in [-0.4, -0.2) is 0 Å². The van der Waals surface area contributed by atoms with E-state index in [0.29, 0.717) is 45.3 Å². The molecule has 11 rings (SSSR count). The number of rotatable bonds is 6. The average molecular weight is 887 g/mol. The van der Waals surface area contributed by atoms with Gasteiger partial charge in [-0.3, -0.25) is 0 Å². The van der Waals surface area contributed by atoms with Crippen molar-refractivity contribution in [3.05, 3.63) is 239 Å². The van der Waals surface area contributed by atoms with E-state index in [1.54, 1.807) is 48.5 Å². The Morgan fingerprint density at radius 2 is 0.791 bits per heavy atom. The third-order valence-corrected chi connectivity index (χ3v) is 13.0. The molecule has 2 aliphatic rings. The van der Waals surface area contributed by atoms with Crippen LogP contribution in [0.3, 0.4) is 0 Å². The molecular formula is C57H32F6N4. The second-order valence-electron chi connectivity index (χ2n) is 16.5. The zero-order valence-corrected chi connectivity index (χ0v) is 35.0. The molecule has 0 aliphatic heterocycles. The predicted octanol–water partition coefficient (Wildman–Crippen LogP) is 15.9. The van der Waals surface area contributed by atoms with Crippen molar-refractivity contribution in [3.8, 4) is 34.4 Å². The van der Waals surface area contributed by atoms with Gasteiger partial charge < -0.3 is 9.80 Å². The first-order valence-corrected chi connectivity index (χ1v) is 21.3. The molecule has 1 spiro atoms. The number of alkyl halides is 6. The molecule has 0 N–H and O–H groups in total. The van der Waals surface area contributed by atoms with Gasteiger partial charge in [0.15, 0.2) is 0 Å². The molecule has 0 fully saturated rings. The van der Waals surface area contributed by atoms with Crippen LogP contribution in [0.1, 0.15) is 44.5 Å². The van der Waals surface area contributed by atoms with Crippen LogP contribution in [0.4, 0.5) is 60.5 Å². The number of hydrogen-bond acceptors (Lipinski definition) is 4. The highest BCUT2D eigenvalue weighted by Crippen LogP contribution is 2.63. The quantitative estimate of drug-likeness (QED) is 0.156. The summed E-state index contributed by atoms with van der Waals surface area (Å²) in [6.07, 6.45) is -9.07. The molecule has 9 aromatic carbocycles. The van der Waals surface area contributed by atoms with Crippen molar-refractivity contribution in [1.29, 1.82) is 10.5 Å². The first-order valence-electron chi connectivity index (χ1n) is 21.3. The Kier molecular flexibility index (Phi) is 9.36. The summed E-state index contributed by atoms with van der Waals surface area (Å²) in [5.41, 5.74) is 9.86. The number of anilines is 6. The summed E-state index contributed by atoms with van der Waals surface area (Å²) in [5.74, 6) is 0. The monoisotopic (exact) mass is 886 g/mol. The van der Waals surface area contributed by atoms with Crippen LogP contribution >= 0.6 is 0 Å². The molecule has 322 valence electrons. The Labute approximate surface area is 381 Å². The van der Waals surface area contributed by atoms with Crippen LogP contribution in [0.25, 0.3) is 33.0 Å². The van der Waals surface area contributed by atoms with Gasteiger partial charge in [0.1, 0.15) is 0 Å². The van der Waals surface area contributed by atoms with Crippen LogP contribution in [0.15, 0.2) is 194 Å². The second-order valence-corrected chi connectivity index (χ2v) is 16.5. The van der Waals surface area contributed by atoms with E-state index in [4.69, 9.17) is 0 Å². The Hall–Kier alpha value is -8.60. The summed E-state index contributed by atoms with van der Waals surface area (Å²) in [7, 11) is 0. The van der Waals surface area contributed by atoms with Crippen molar-refractivity contribution in [2.75, 3.05) is 9.80 Å². The molecule has 0 amide bonds. The van der Waals surface area contributed by atoms with Crippen molar-refractivity contribution < 1.29 is 26.3 Å². The van der Waals surface area contributed by atoms with E-state index < -0.39 is 28.9 Å². The largest absolute Gasteiger partial charge is 0.416 e. The molecule has 0 heterocycles. The smallest absolute Gasteiger partial charge is 0.310 e. The molecule has 0 saturated carbocycles. The van der Waals surface area contributed by atoms with Gasteiger partial charge >= 0.3 is 12.4 Å². The molecule has 0 unspecified atom stereocenters. The summed E-state index contributed by atoms with van der Waals surface area (Å²) in [5, 5.41) is 21.1. The molecule has 0 aromatic heterocycles. The predicted molar refractivity (Wildman–Crippen MR) is 249 cm³/mol. The molecule has 4 nitrogen and oxygen atoms in total. The van der Waals surface area contributed by atoms with Gasteiger partial charge in [-0.05, 0) is 165 Å². The number of halogens is 6. The second kappa shape index (κ2) is 15.3. The highest BCUT2D eigenvalue weighted by molar-refractivity contribution is 6.12. The molecule has 0 saturated heterocycles. The minimum Gasteiger partial charge on any atom is -0.310 e. The van der Waals surface area contributed by atoms with Crippen molar-refractivity contribution >= 4 is 44.9 Å². The number of benzene rings is 9. The number of nitrogens with zero attached hydrogens (tertiary/aromatic N) is 4. The SMILES string of the molecule is N#Cc1ccc(N(c2ccc(C(F)(F)F)cc2)c2ccc3c(c2)C2(c4ccccc4-c4ccccc42)c2cccc4c(N(c5ccc(C#N)cc5)c5ccc(C(F)(F)F)cc5)ccc-3c24)cc1. The lowest BCUT2D eigenvalue weighted by atomic mass is 9.61. The topological polar surface area (TPSA) is 54.1 Å². The fourth-order valence-corrected chi connectivity index (χ4v) is 10.1. The maximum absolute atomic E-state index is 13.9. The molecule has 10 heteroatoms. The minimum absolute atomic E-state index is 0.430. The maximum atomic E-state index is 13.9. The molecule has 0 radical (unpaired) electrons. The lowest BCUT2D eigenvalue weighted by Gasteiger charge is -2.41. The average Bonchev–Trinajstić information content (AvgIpc) is 3.64. The summed E-state index contributed by atoms with van der Waals surface area (Å²) in [6, 6.07) is 61.0. The molecule has 0 bridgehead atoms. The van der Waals surface area contributed by atoms with Crippen molar-refractivity contribution in [2.24, 2.45) is 0 Å². The number of hydrogen-bond donors (Lipinski definition) is 0. The zero-order chi connectivity index (χ0) is 46.2. The minimum atomic E-state index is -4.54. The highest BCUT2D eigenvalue weighted by atomic mass is 19.4. The van der Waals surface area contributed by atoms with E-state index in [1.807, 2.05) is 64.4 Å². The van der Waals surface area contributed by atoms with E-state index in [2.05, 4.69) is 54.6 Å². The molecule has 2 aliphatic carbocycles. The van der Waals surface area contributed by atoms with Crippen LogP contribution < -0.4 is 9.80 Å². The van der Waals surface area contributed by atoms with Gasteiger partial charge in [0, 0.05) is 33.8 Å². The zero-order valence-electron chi connectivity index (χ0n) is 35.0. The number of fused-ring (bicyclic) bond motifs is 9. The van der Waals surface area contributed by atoms with Gasteiger partial charge in [0.05, 0.1) is 45.5 Å². The van der Waals surface area contributed by atoms with Crippen molar-refractivity contribution in [1.82, 2.24) is 0 Å². The van der Waals surface area contributed by atoms with Gasteiger partial charge in [0.25, 0.3) is 0 Å². The van der Waals surface area contributed by atoms with E-state index in [9.17, 15) is 36.9 Å². The van der Waals surface area contributed by atoms with Gasteiger partial charge in [-0.15, -0.1) is 0 Å². The lowest BCUT2D eigenvalue weighted by molar-refractivity contribution is -0.138. The van der Waals surface area contributed by atoms with E-state index >= 15 is 0 Å². The number of nitriles is 2. The molecule has 67 heavy (non-hydrogen) atoms. The van der Waals surface area contributed by atoms with E-state index in [-0.39, 0.29) is 0 Å². The van der Waals surface area contributed by atoms with Gasteiger partial charge in [-0.25, -0.2) is 0 Å². The third-order valence-electron chi connectivity index (χ3n) is 13.0. The summed E-state index contributed by atoms with van der Waals surface area (Å²) < 4.78 is 83.4. The van der Waals surface area contributed by atoms with E-state index in [0.717, 1.165) is 79.5 Å². The third kappa shape index (κ3) is 6.44. The first kappa shape index (κ1) is 41.1. The first-order chi connectivity index (χ1) is 32.4. The fraction of sp³-hybridized carbons (Fsp3) is 0.0526. The van der Waals surface area contributed by atoms with Crippen LogP contribution in [0.2, 0.25) is 0 Å². The molecular weight excluding hydrogens is 855 g/mol. The van der Waals surface area contributed by atoms with Crippen LogP contribution in [-0.2, 0) is 17.8 Å². The molecule has 9 aromatic rings. The summed E-state index contributed by atoms with van der Waals surface area (Å²) >= 11 is 0. The van der Waals surface area contributed by atoms with Gasteiger partial charge in [0.2, 0.25) is 0 Å². The summed E-state index contributed by atoms with van der Waals surface area (Å²) in [6.45, 7) is 0. The van der Waals surface area contributed by atoms with Crippen molar-refractivity contribution in [2.45, 2.75) is 17.8 Å². The fourth-order valence-electron chi connectivity index (χ4n) is 10.1. The Bertz CT molecular complexity index is 3460. The van der Waals surface area contributed by atoms with Crippen molar-refractivity contribution in [3.63, 3.8) is 0 Å². The van der Waals surface area contributed by atoms with Gasteiger partial charge in [-0.1, -0.05) is 78.9 Å². The molecule has 0 atom stereocenters. The Morgan fingerprint density at radius 3 is 1.28 bits per heavy atom. The maximum Gasteiger partial charge on any atom is 0.416 e. The van der Waals surface area contributed by atoms with Crippen LogP contribution in [0, 0.1) is 22.7 Å². The van der Waals surface area contributed by atoms with Gasteiger partial charge in [-0.2, -0.15) is 36.9 Å². The summed E-state index contributed by atoms with van der Waals surface area (Å²) in [4.78, 5) is 3.80. The Morgan fingerprint density at radius 1 is 0.373 bits per heavy atom. The highest BCUT2D eigenvalue weighted by Gasteiger charge is 2.50. The van der Waals surface area contributed by atoms with Crippen LogP contribution in [0.5, 0.6) is 0 Å². The van der Waals surface area contributed by atoms with E-state index in [1.165, 1.54) is 24.3 Å². The standard InChI is InChI=1S/C57H32F6N4/c58-56(59,60)37-16-24-40(25-17-37)66(39-20-12-35(33-64)13-21-39)43-28-29-46-47-30-31-53(67(41-22-14-36(34-65)15-23-41)42-26-18-38(19-27-42)57(61,62)63)48-8-5-11-51(54(47)48)55(52(46)32-43)49-9-3-1-6-44(49)45-7-2-4-10-50(45)55/h1-32H. The normalized spacial score (nSPS) is 13.0.